The van der Waals surface area contributed by atoms with Crippen molar-refractivity contribution in [3.05, 3.63) is 54.1 Å². The van der Waals surface area contributed by atoms with Gasteiger partial charge < -0.3 is 9.88 Å². The minimum absolute atomic E-state index is 0.372. The van der Waals surface area contributed by atoms with Gasteiger partial charge in [-0.15, -0.1) is 0 Å². The van der Waals surface area contributed by atoms with Gasteiger partial charge in [0.05, 0.1) is 0 Å². The van der Waals surface area contributed by atoms with E-state index < -0.39 is 0 Å². The fourth-order valence-electron chi connectivity index (χ4n) is 1.80. The minimum atomic E-state index is 0.372. The van der Waals surface area contributed by atoms with E-state index >= 15 is 0 Å². The number of rotatable bonds is 4. The van der Waals surface area contributed by atoms with Crippen molar-refractivity contribution in [3.8, 4) is 0 Å². The highest BCUT2D eigenvalue weighted by Gasteiger charge is 2.07. The number of hydrogen-bond acceptors (Lipinski definition) is 2. The topological polar surface area (TPSA) is 29.9 Å². The van der Waals surface area contributed by atoms with Crippen molar-refractivity contribution in [1.29, 1.82) is 0 Å². The molecule has 0 saturated carbocycles. The molecule has 0 aromatic carbocycles. The molecule has 2 rings (SSSR count). The largest absolute Gasteiger partial charge is 0.346 e. The molecule has 0 saturated heterocycles. The van der Waals surface area contributed by atoms with Crippen molar-refractivity contribution in [1.82, 2.24) is 14.9 Å². The third-order valence-electron chi connectivity index (χ3n) is 2.84. The van der Waals surface area contributed by atoms with E-state index in [4.69, 9.17) is 0 Å². The van der Waals surface area contributed by atoms with Gasteiger partial charge in [-0.2, -0.15) is 0 Å². The lowest BCUT2D eigenvalue weighted by atomic mass is 10.2. The third-order valence-corrected chi connectivity index (χ3v) is 2.84. The molecule has 2 aromatic rings. The van der Waals surface area contributed by atoms with Gasteiger partial charge in [0.15, 0.2) is 0 Å². The summed E-state index contributed by atoms with van der Waals surface area (Å²) in [6.45, 7) is 3.06. The summed E-state index contributed by atoms with van der Waals surface area (Å²) >= 11 is 0. The normalized spacial score (nSPS) is 12.6. The first kappa shape index (κ1) is 10.9. The summed E-state index contributed by atoms with van der Waals surface area (Å²) < 4.78 is 2.26. The zero-order valence-corrected chi connectivity index (χ0v) is 9.72. The Morgan fingerprint density at radius 2 is 2.06 bits per heavy atom. The Hall–Kier alpha value is -1.61. The quantitative estimate of drug-likeness (QED) is 0.847. The molecule has 3 nitrogen and oxygen atoms in total. The highest BCUT2D eigenvalue weighted by molar-refractivity contribution is 5.16. The Labute approximate surface area is 96.1 Å². The van der Waals surface area contributed by atoms with E-state index in [-0.39, 0.29) is 0 Å². The summed E-state index contributed by atoms with van der Waals surface area (Å²) in [5.74, 6) is 0. The fraction of sp³-hybridized carbons (Fsp3) is 0.308. The Balaban J connectivity index is 2.19. The average Bonchev–Trinajstić information content (AvgIpc) is 2.77. The summed E-state index contributed by atoms with van der Waals surface area (Å²) in [6, 6.07) is 8.71. The first-order valence-electron chi connectivity index (χ1n) is 5.52. The molecule has 1 unspecified atom stereocenters. The third kappa shape index (κ3) is 2.31. The molecule has 2 aromatic heterocycles. The Bertz CT molecular complexity index is 433. The van der Waals surface area contributed by atoms with Crippen molar-refractivity contribution in [2.75, 3.05) is 7.05 Å². The van der Waals surface area contributed by atoms with Crippen LogP contribution in [0.2, 0.25) is 0 Å². The molecule has 1 atom stereocenters. The lowest BCUT2D eigenvalue weighted by Crippen LogP contribution is -2.16. The smallest absolute Gasteiger partial charge is 0.0474 e. The van der Waals surface area contributed by atoms with E-state index in [0.29, 0.717) is 6.04 Å². The van der Waals surface area contributed by atoms with E-state index in [1.807, 2.05) is 31.6 Å². The molecule has 1 N–H and O–H groups in total. The molecule has 2 heterocycles. The van der Waals surface area contributed by atoms with Crippen LogP contribution in [0.15, 0.2) is 42.9 Å². The molecule has 84 valence electrons. The number of nitrogens with one attached hydrogen (secondary N) is 1. The second kappa shape index (κ2) is 4.94. The molecule has 3 heteroatoms. The van der Waals surface area contributed by atoms with Crippen molar-refractivity contribution in [2.24, 2.45) is 0 Å². The Morgan fingerprint density at radius 1 is 1.31 bits per heavy atom. The van der Waals surface area contributed by atoms with Crippen molar-refractivity contribution in [2.45, 2.75) is 19.5 Å². The maximum Gasteiger partial charge on any atom is 0.0474 e. The zero-order chi connectivity index (χ0) is 11.4. The van der Waals surface area contributed by atoms with Gasteiger partial charge in [-0.05, 0) is 43.8 Å². The van der Waals surface area contributed by atoms with E-state index in [2.05, 4.69) is 40.1 Å². The molecule has 0 aliphatic heterocycles. The monoisotopic (exact) mass is 215 g/mol. The highest BCUT2D eigenvalue weighted by Crippen LogP contribution is 2.14. The summed E-state index contributed by atoms with van der Waals surface area (Å²) in [5, 5.41) is 3.26. The van der Waals surface area contributed by atoms with Crippen LogP contribution in [0.1, 0.15) is 24.2 Å². The van der Waals surface area contributed by atoms with E-state index in [9.17, 15) is 0 Å². The van der Waals surface area contributed by atoms with Crippen LogP contribution in [0.3, 0.4) is 0 Å². The standard InChI is InChI=1S/C13H17N3/c1-11(14-2)13-4-3-9-16(13)10-12-5-7-15-8-6-12/h3-9,11,14H,10H2,1-2H3. The van der Waals surface area contributed by atoms with Crippen LogP contribution in [0.5, 0.6) is 0 Å². The van der Waals surface area contributed by atoms with E-state index in [1.54, 1.807) is 0 Å². The number of hydrogen-bond donors (Lipinski definition) is 1. The van der Waals surface area contributed by atoms with Gasteiger partial charge in [0.25, 0.3) is 0 Å². The van der Waals surface area contributed by atoms with Gasteiger partial charge in [0.2, 0.25) is 0 Å². The van der Waals surface area contributed by atoms with Crippen LogP contribution in [0.25, 0.3) is 0 Å². The van der Waals surface area contributed by atoms with Crippen LogP contribution >= 0.6 is 0 Å². The molecule has 0 radical (unpaired) electrons. The summed E-state index contributed by atoms with van der Waals surface area (Å²) in [7, 11) is 1.98. The molecule has 0 bridgehead atoms. The molecule has 0 aliphatic rings. The van der Waals surface area contributed by atoms with Gasteiger partial charge >= 0.3 is 0 Å². The van der Waals surface area contributed by atoms with Crippen LogP contribution in [0.4, 0.5) is 0 Å². The maximum absolute atomic E-state index is 4.03. The SMILES string of the molecule is CNC(C)c1cccn1Cc1ccncc1. The molecular weight excluding hydrogens is 198 g/mol. The van der Waals surface area contributed by atoms with Gasteiger partial charge in [-0.25, -0.2) is 0 Å². The van der Waals surface area contributed by atoms with Crippen molar-refractivity contribution < 1.29 is 0 Å². The second-order valence-electron chi connectivity index (χ2n) is 3.93. The molecule has 0 fully saturated rings. The average molecular weight is 215 g/mol. The second-order valence-corrected chi connectivity index (χ2v) is 3.93. The van der Waals surface area contributed by atoms with E-state index in [0.717, 1.165) is 6.54 Å². The van der Waals surface area contributed by atoms with Gasteiger partial charge in [0.1, 0.15) is 0 Å². The van der Waals surface area contributed by atoms with Gasteiger partial charge in [0, 0.05) is 36.9 Å². The molecule has 0 amide bonds. The first-order valence-corrected chi connectivity index (χ1v) is 5.52. The molecule has 0 spiro atoms. The Kier molecular flexibility index (Phi) is 3.37. The Morgan fingerprint density at radius 3 is 2.75 bits per heavy atom. The van der Waals surface area contributed by atoms with Crippen molar-refractivity contribution >= 4 is 0 Å². The highest BCUT2D eigenvalue weighted by atomic mass is 15.0. The van der Waals surface area contributed by atoms with Crippen LogP contribution in [0, 0.1) is 0 Å². The summed E-state index contributed by atoms with van der Waals surface area (Å²) in [5.41, 5.74) is 2.58. The van der Waals surface area contributed by atoms with Crippen molar-refractivity contribution in [3.63, 3.8) is 0 Å². The number of pyridine rings is 1. The minimum Gasteiger partial charge on any atom is -0.346 e. The number of aromatic nitrogens is 2. The van der Waals surface area contributed by atoms with Crippen LogP contribution in [-0.4, -0.2) is 16.6 Å². The predicted molar refractivity (Wildman–Crippen MR) is 65.2 cm³/mol. The molecule has 0 aliphatic carbocycles. The maximum atomic E-state index is 4.03. The zero-order valence-electron chi connectivity index (χ0n) is 9.72. The number of nitrogens with zero attached hydrogens (tertiary/aromatic N) is 2. The predicted octanol–water partition coefficient (Wildman–Crippen LogP) is 2.21. The van der Waals surface area contributed by atoms with Gasteiger partial charge in [-0.1, -0.05) is 0 Å². The first-order chi connectivity index (χ1) is 7.81. The van der Waals surface area contributed by atoms with Crippen LogP contribution < -0.4 is 5.32 Å². The van der Waals surface area contributed by atoms with Crippen LogP contribution in [-0.2, 0) is 6.54 Å². The summed E-state index contributed by atoms with van der Waals surface area (Å²) in [4.78, 5) is 4.03. The van der Waals surface area contributed by atoms with E-state index in [1.165, 1.54) is 11.3 Å². The fourth-order valence-corrected chi connectivity index (χ4v) is 1.80. The lowest BCUT2D eigenvalue weighted by Gasteiger charge is -2.14. The summed E-state index contributed by atoms with van der Waals surface area (Å²) in [6.07, 6.45) is 5.78. The molecular formula is C13H17N3. The van der Waals surface area contributed by atoms with Gasteiger partial charge in [-0.3, -0.25) is 4.98 Å². The lowest BCUT2D eigenvalue weighted by molar-refractivity contribution is 0.589. The molecule has 16 heavy (non-hydrogen) atoms.